The second-order valence-corrected chi connectivity index (χ2v) is 12.8. The van der Waals surface area contributed by atoms with Gasteiger partial charge in [-0.2, -0.15) is 8.42 Å². The highest BCUT2D eigenvalue weighted by Gasteiger charge is 2.40. The lowest BCUT2D eigenvalue weighted by Crippen LogP contribution is -2.46. The number of rotatable bonds is 11. The molecule has 1 amide bonds. The van der Waals surface area contributed by atoms with Crippen molar-refractivity contribution in [3.05, 3.63) is 83.4 Å². The first-order valence-electron chi connectivity index (χ1n) is 14.4. The van der Waals surface area contributed by atoms with Crippen LogP contribution in [0.3, 0.4) is 0 Å². The zero-order valence-corrected chi connectivity index (χ0v) is 26.2. The average molecular weight is 595 g/mol. The molecule has 8 nitrogen and oxygen atoms in total. The van der Waals surface area contributed by atoms with Crippen LogP contribution in [0.4, 0.5) is 5.69 Å². The molecule has 0 radical (unpaired) electrons. The maximum Gasteiger partial charge on any atom is 0.409 e. The van der Waals surface area contributed by atoms with Crippen molar-refractivity contribution < 1.29 is 26.9 Å². The molecule has 0 unspecified atom stereocenters. The predicted octanol–water partition coefficient (Wildman–Crippen LogP) is 6.32. The molecule has 0 atom stereocenters. The number of nitrogens with zero attached hydrogens (tertiary/aromatic N) is 1. The van der Waals surface area contributed by atoms with Gasteiger partial charge in [0, 0.05) is 24.9 Å². The highest BCUT2D eigenvalue weighted by Crippen LogP contribution is 2.42. The molecule has 226 valence electrons. The lowest BCUT2D eigenvalue weighted by molar-refractivity contribution is -0.120. The van der Waals surface area contributed by atoms with Crippen molar-refractivity contribution in [1.82, 2.24) is 4.72 Å². The molecule has 4 rings (SSSR count). The van der Waals surface area contributed by atoms with Crippen molar-refractivity contribution >= 4 is 21.9 Å². The largest absolute Gasteiger partial charge is 0.497 e. The van der Waals surface area contributed by atoms with Gasteiger partial charge in [0.25, 0.3) is 0 Å². The summed E-state index contributed by atoms with van der Waals surface area (Å²) in [5.41, 5.74) is 2.86. The number of benzene rings is 3. The first-order valence-corrected chi connectivity index (χ1v) is 15.8. The number of carbonyl (C=O) groups is 1. The zero-order chi connectivity index (χ0) is 30.5. The number of piperidine rings is 1. The van der Waals surface area contributed by atoms with Crippen LogP contribution in [0.25, 0.3) is 0 Å². The molecule has 0 saturated carbocycles. The topological polar surface area (TPSA) is 94.2 Å². The molecule has 1 N–H and O–H groups in total. The Morgan fingerprint density at radius 1 is 0.881 bits per heavy atom. The minimum Gasteiger partial charge on any atom is -0.497 e. The second-order valence-electron chi connectivity index (χ2n) is 11.5. The van der Waals surface area contributed by atoms with Gasteiger partial charge in [-0.15, -0.1) is 0 Å². The Morgan fingerprint density at radius 3 is 2.10 bits per heavy atom. The molecular weight excluding hydrogens is 552 g/mol. The third kappa shape index (κ3) is 7.01. The van der Waals surface area contributed by atoms with Crippen LogP contribution in [-0.2, 0) is 20.5 Å². The number of anilines is 1. The lowest BCUT2D eigenvalue weighted by Gasteiger charge is -2.43. The molecule has 1 heterocycles. The molecule has 0 bridgehead atoms. The maximum absolute atomic E-state index is 13.5. The van der Waals surface area contributed by atoms with Crippen molar-refractivity contribution in [1.29, 1.82) is 0 Å². The van der Waals surface area contributed by atoms with E-state index in [4.69, 9.17) is 13.7 Å². The number of amides is 1. The fourth-order valence-electron chi connectivity index (χ4n) is 5.78. The number of ether oxygens (including phenoxy) is 2. The van der Waals surface area contributed by atoms with Crippen LogP contribution < -0.4 is 23.3 Å². The number of carbonyl (C=O) groups excluding carboxylic acids is 1. The molecule has 0 aliphatic carbocycles. The summed E-state index contributed by atoms with van der Waals surface area (Å²) in [7, 11) is -1.18. The van der Waals surface area contributed by atoms with E-state index in [9.17, 15) is 13.2 Å². The van der Waals surface area contributed by atoms with Crippen molar-refractivity contribution in [2.24, 2.45) is 0 Å². The number of hydrogen-bond acceptors (Lipinski definition) is 7. The highest BCUT2D eigenvalue weighted by atomic mass is 32.2. The van der Waals surface area contributed by atoms with Crippen molar-refractivity contribution in [3.8, 4) is 17.2 Å². The van der Waals surface area contributed by atoms with Gasteiger partial charge in [-0.25, -0.2) is 4.72 Å². The van der Waals surface area contributed by atoms with Crippen molar-refractivity contribution in [3.63, 3.8) is 0 Å². The Bertz CT molecular complexity index is 1470. The number of para-hydroxylation sites is 3. The normalized spacial score (nSPS) is 15.0. The van der Waals surface area contributed by atoms with Crippen LogP contribution in [0, 0.1) is 0 Å². The van der Waals surface area contributed by atoms with E-state index >= 15 is 0 Å². The summed E-state index contributed by atoms with van der Waals surface area (Å²) in [5, 5.41) is 0. The molecule has 3 aromatic rings. The Hall–Kier alpha value is -3.72. The summed E-state index contributed by atoms with van der Waals surface area (Å²) in [6.07, 6.45) is 1.23. The lowest BCUT2D eigenvalue weighted by atomic mass is 9.70. The van der Waals surface area contributed by atoms with E-state index in [1.165, 1.54) is 0 Å². The zero-order valence-electron chi connectivity index (χ0n) is 25.3. The Labute approximate surface area is 250 Å². The van der Waals surface area contributed by atoms with E-state index in [0.29, 0.717) is 31.7 Å². The molecule has 1 fully saturated rings. The first kappa shape index (κ1) is 31.2. The van der Waals surface area contributed by atoms with E-state index in [1.807, 2.05) is 94.4 Å². The number of hydrogen-bond donors (Lipinski definition) is 1. The van der Waals surface area contributed by atoms with E-state index < -0.39 is 21.6 Å². The van der Waals surface area contributed by atoms with E-state index in [0.717, 1.165) is 28.1 Å². The molecular formula is C33H42N2O6S. The van der Waals surface area contributed by atoms with Gasteiger partial charge in [-0.1, -0.05) is 70.2 Å². The Balaban J connectivity index is 1.59. The summed E-state index contributed by atoms with van der Waals surface area (Å²) in [5.74, 6) is 1.22. The first-order chi connectivity index (χ1) is 20.0. The maximum atomic E-state index is 13.5. The Morgan fingerprint density at radius 2 is 1.50 bits per heavy atom. The standard InChI is InChI=1S/C33H42N2O6S/c1-23(2)27-13-10-14-28(24(3)4)32(27)41-42(37,38)34-31(36)22-33(25-11-9-12-26(21-25)39-5)17-19-35(20-18-33)29-15-7-8-16-30(29)40-6/h7-16,21,23-24H,17-20,22H2,1-6H3,(H,34,36). The van der Waals surface area contributed by atoms with E-state index in [-0.39, 0.29) is 24.0 Å². The van der Waals surface area contributed by atoms with Crippen LogP contribution in [0.1, 0.15) is 75.5 Å². The average Bonchev–Trinajstić information content (AvgIpc) is 2.96. The summed E-state index contributed by atoms with van der Waals surface area (Å²) >= 11 is 0. The van der Waals surface area contributed by atoms with E-state index in [2.05, 4.69) is 9.62 Å². The van der Waals surface area contributed by atoms with Crippen LogP contribution in [0.5, 0.6) is 17.2 Å². The minimum absolute atomic E-state index is 0.0224. The van der Waals surface area contributed by atoms with Crippen LogP contribution in [-0.4, -0.2) is 41.6 Å². The fourth-order valence-corrected chi connectivity index (χ4v) is 6.58. The van der Waals surface area contributed by atoms with Gasteiger partial charge in [0.15, 0.2) is 5.75 Å². The molecule has 42 heavy (non-hydrogen) atoms. The minimum atomic E-state index is -4.43. The Kier molecular flexibility index (Phi) is 9.71. The quantitative estimate of drug-likeness (QED) is 0.278. The summed E-state index contributed by atoms with van der Waals surface area (Å²) < 4.78 is 45.4. The third-order valence-corrected chi connectivity index (χ3v) is 8.94. The third-order valence-electron chi connectivity index (χ3n) is 8.08. The molecule has 1 saturated heterocycles. The van der Waals surface area contributed by atoms with Gasteiger partial charge in [-0.3, -0.25) is 4.79 Å². The molecule has 1 aliphatic heterocycles. The van der Waals surface area contributed by atoms with Crippen LogP contribution in [0.15, 0.2) is 66.7 Å². The summed E-state index contributed by atoms with van der Waals surface area (Å²) in [6.45, 7) is 9.24. The van der Waals surface area contributed by atoms with Gasteiger partial charge < -0.3 is 18.6 Å². The molecule has 1 aliphatic rings. The van der Waals surface area contributed by atoms with Crippen LogP contribution >= 0.6 is 0 Å². The van der Waals surface area contributed by atoms with Crippen molar-refractivity contribution in [2.75, 3.05) is 32.2 Å². The second kappa shape index (κ2) is 13.1. The van der Waals surface area contributed by atoms with Gasteiger partial charge in [0.1, 0.15) is 11.5 Å². The number of methoxy groups -OCH3 is 2. The van der Waals surface area contributed by atoms with Gasteiger partial charge in [0.2, 0.25) is 5.91 Å². The van der Waals surface area contributed by atoms with Gasteiger partial charge in [0.05, 0.1) is 19.9 Å². The molecule has 9 heteroatoms. The smallest absolute Gasteiger partial charge is 0.409 e. The van der Waals surface area contributed by atoms with Gasteiger partial charge in [-0.05, 0) is 65.6 Å². The molecule has 0 aromatic heterocycles. The monoisotopic (exact) mass is 594 g/mol. The fraction of sp³-hybridized carbons (Fsp3) is 0.424. The predicted molar refractivity (Wildman–Crippen MR) is 166 cm³/mol. The number of nitrogens with one attached hydrogen (secondary N) is 1. The van der Waals surface area contributed by atoms with Gasteiger partial charge >= 0.3 is 10.3 Å². The SMILES string of the molecule is COc1cccc(C2(CC(=O)NS(=O)(=O)Oc3c(C(C)C)cccc3C(C)C)CCN(c3ccccc3OC)CC2)c1. The highest BCUT2D eigenvalue weighted by molar-refractivity contribution is 7.85. The summed E-state index contributed by atoms with van der Waals surface area (Å²) in [6, 6.07) is 21.2. The molecule has 3 aromatic carbocycles. The van der Waals surface area contributed by atoms with E-state index in [1.54, 1.807) is 14.2 Å². The molecule has 0 spiro atoms. The summed E-state index contributed by atoms with van der Waals surface area (Å²) in [4.78, 5) is 15.7. The van der Waals surface area contributed by atoms with Crippen molar-refractivity contribution in [2.45, 2.75) is 64.2 Å². The van der Waals surface area contributed by atoms with Crippen LogP contribution in [0.2, 0.25) is 0 Å².